The summed E-state index contributed by atoms with van der Waals surface area (Å²) in [5, 5.41) is 0. The maximum Gasteiger partial charge on any atom is 0.118 e. The SMILES string of the molecule is C=CCO[C@H]1CCCC[C@@H]1c1ccc(OC)cc1. The standard InChI is InChI=1S/C16H22O2/c1-3-12-18-16-7-5-4-6-15(16)13-8-10-14(17-2)11-9-13/h3,8-11,15-16H,1,4-7,12H2,2H3/t15-,16+/m1/s1. The summed E-state index contributed by atoms with van der Waals surface area (Å²) in [6.07, 6.45) is 7.11. The fourth-order valence-electron chi connectivity index (χ4n) is 2.72. The maximum atomic E-state index is 5.91. The highest BCUT2D eigenvalue weighted by molar-refractivity contribution is 5.30. The van der Waals surface area contributed by atoms with Crippen LogP contribution in [0.5, 0.6) is 5.75 Å². The molecule has 1 fully saturated rings. The average Bonchev–Trinajstić information content (AvgIpc) is 2.45. The molecule has 0 bridgehead atoms. The second-order valence-corrected chi connectivity index (χ2v) is 4.82. The molecule has 0 spiro atoms. The highest BCUT2D eigenvalue weighted by atomic mass is 16.5. The Kier molecular flexibility index (Phi) is 4.82. The third-order valence-electron chi connectivity index (χ3n) is 3.67. The van der Waals surface area contributed by atoms with Crippen LogP contribution in [0.25, 0.3) is 0 Å². The summed E-state index contributed by atoms with van der Waals surface area (Å²) in [4.78, 5) is 0. The molecule has 0 heterocycles. The monoisotopic (exact) mass is 246 g/mol. The third kappa shape index (κ3) is 3.14. The van der Waals surface area contributed by atoms with Crippen molar-refractivity contribution in [1.82, 2.24) is 0 Å². The summed E-state index contributed by atoms with van der Waals surface area (Å²) >= 11 is 0. The van der Waals surface area contributed by atoms with Gasteiger partial charge in [0, 0.05) is 5.92 Å². The van der Waals surface area contributed by atoms with Crippen molar-refractivity contribution in [3.63, 3.8) is 0 Å². The minimum Gasteiger partial charge on any atom is -0.497 e. The highest BCUT2D eigenvalue weighted by Crippen LogP contribution is 2.35. The fraction of sp³-hybridized carbons (Fsp3) is 0.500. The Bertz CT molecular complexity index is 369. The second kappa shape index (κ2) is 6.60. The largest absolute Gasteiger partial charge is 0.497 e. The molecule has 0 radical (unpaired) electrons. The molecule has 18 heavy (non-hydrogen) atoms. The van der Waals surface area contributed by atoms with Gasteiger partial charge in [-0.1, -0.05) is 31.1 Å². The molecule has 0 amide bonds. The molecule has 0 saturated heterocycles. The molecule has 2 rings (SSSR count). The Morgan fingerprint density at radius 1 is 1.22 bits per heavy atom. The van der Waals surface area contributed by atoms with Crippen molar-refractivity contribution in [3.05, 3.63) is 42.5 Å². The summed E-state index contributed by atoms with van der Waals surface area (Å²) in [6, 6.07) is 8.40. The molecule has 2 heteroatoms. The van der Waals surface area contributed by atoms with E-state index in [1.165, 1.54) is 24.8 Å². The van der Waals surface area contributed by atoms with Crippen LogP contribution < -0.4 is 4.74 Å². The van der Waals surface area contributed by atoms with E-state index in [9.17, 15) is 0 Å². The van der Waals surface area contributed by atoms with Gasteiger partial charge in [0.2, 0.25) is 0 Å². The zero-order valence-electron chi connectivity index (χ0n) is 11.1. The molecule has 1 aliphatic carbocycles. The molecule has 2 nitrogen and oxygen atoms in total. The van der Waals surface area contributed by atoms with Crippen LogP contribution in [0.3, 0.4) is 0 Å². The van der Waals surface area contributed by atoms with Gasteiger partial charge in [-0.3, -0.25) is 0 Å². The molecule has 2 atom stereocenters. The zero-order valence-corrected chi connectivity index (χ0v) is 11.1. The van der Waals surface area contributed by atoms with Crippen LogP contribution in [0.15, 0.2) is 36.9 Å². The number of rotatable bonds is 5. The predicted octanol–water partition coefficient (Wildman–Crippen LogP) is 3.92. The van der Waals surface area contributed by atoms with E-state index in [1.807, 2.05) is 18.2 Å². The van der Waals surface area contributed by atoms with Crippen molar-refractivity contribution in [3.8, 4) is 5.75 Å². The Hall–Kier alpha value is -1.28. The van der Waals surface area contributed by atoms with Crippen LogP contribution in [-0.2, 0) is 4.74 Å². The lowest BCUT2D eigenvalue weighted by Crippen LogP contribution is -2.26. The number of methoxy groups -OCH3 is 1. The van der Waals surface area contributed by atoms with E-state index in [-0.39, 0.29) is 0 Å². The van der Waals surface area contributed by atoms with Crippen molar-refractivity contribution >= 4 is 0 Å². The van der Waals surface area contributed by atoms with Crippen molar-refractivity contribution < 1.29 is 9.47 Å². The topological polar surface area (TPSA) is 18.5 Å². The van der Waals surface area contributed by atoms with Gasteiger partial charge in [-0.2, -0.15) is 0 Å². The molecule has 0 N–H and O–H groups in total. The summed E-state index contributed by atoms with van der Waals surface area (Å²) in [7, 11) is 1.70. The first-order valence-electron chi connectivity index (χ1n) is 6.71. The third-order valence-corrected chi connectivity index (χ3v) is 3.67. The Morgan fingerprint density at radius 3 is 2.61 bits per heavy atom. The molecular weight excluding hydrogens is 224 g/mol. The number of hydrogen-bond donors (Lipinski definition) is 0. The van der Waals surface area contributed by atoms with Gasteiger partial charge >= 0.3 is 0 Å². The van der Waals surface area contributed by atoms with Crippen LogP contribution >= 0.6 is 0 Å². The molecular formula is C16H22O2. The van der Waals surface area contributed by atoms with Crippen molar-refractivity contribution in [2.24, 2.45) is 0 Å². The minimum atomic E-state index is 0.338. The van der Waals surface area contributed by atoms with Gasteiger partial charge in [0.25, 0.3) is 0 Å². The van der Waals surface area contributed by atoms with Gasteiger partial charge in [-0.25, -0.2) is 0 Å². The molecule has 0 aliphatic heterocycles. The lowest BCUT2D eigenvalue weighted by atomic mass is 9.81. The van der Waals surface area contributed by atoms with E-state index in [2.05, 4.69) is 18.7 Å². The van der Waals surface area contributed by atoms with Crippen LogP contribution in [0.4, 0.5) is 0 Å². The number of ether oxygens (including phenoxy) is 2. The quantitative estimate of drug-likeness (QED) is 0.733. The van der Waals surface area contributed by atoms with E-state index < -0.39 is 0 Å². The Balaban J connectivity index is 2.08. The summed E-state index contributed by atoms with van der Waals surface area (Å²) < 4.78 is 11.1. The molecule has 0 unspecified atom stereocenters. The van der Waals surface area contributed by atoms with Crippen molar-refractivity contribution in [2.45, 2.75) is 37.7 Å². The van der Waals surface area contributed by atoms with Crippen molar-refractivity contribution in [1.29, 1.82) is 0 Å². The molecule has 98 valence electrons. The first kappa shape index (κ1) is 13.2. The first-order valence-corrected chi connectivity index (χ1v) is 6.71. The molecule has 1 aliphatic rings. The van der Waals surface area contributed by atoms with E-state index in [0.717, 1.165) is 12.2 Å². The summed E-state index contributed by atoms with van der Waals surface area (Å²) in [5.74, 6) is 1.43. The van der Waals surface area contributed by atoms with Crippen LogP contribution in [0.2, 0.25) is 0 Å². The number of hydrogen-bond acceptors (Lipinski definition) is 2. The predicted molar refractivity (Wildman–Crippen MR) is 74.1 cm³/mol. The smallest absolute Gasteiger partial charge is 0.118 e. The first-order chi connectivity index (χ1) is 8.85. The summed E-state index contributed by atoms with van der Waals surface area (Å²) in [6.45, 7) is 4.37. The molecule has 1 saturated carbocycles. The van der Waals surface area contributed by atoms with Gasteiger partial charge in [-0.05, 0) is 30.5 Å². The van der Waals surface area contributed by atoms with E-state index in [0.29, 0.717) is 18.6 Å². The highest BCUT2D eigenvalue weighted by Gasteiger charge is 2.26. The Labute approximate surface area is 110 Å². The lowest BCUT2D eigenvalue weighted by Gasteiger charge is -2.31. The molecule has 1 aromatic rings. The minimum absolute atomic E-state index is 0.338. The normalized spacial score (nSPS) is 23.6. The zero-order chi connectivity index (χ0) is 12.8. The Morgan fingerprint density at radius 2 is 1.94 bits per heavy atom. The van der Waals surface area contributed by atoms with Gasteiger partial charge < -0.3 is 9.47 Å². The molecule has 0 aromatic heterocycles. The lowest BCUT2D eigenvalue weighted by molar-refractivity contribution is 0.0298. The fourth-order valence-corrected chi connectivity index (χ4v) is 2.72. The van der Waals surface area contributed by atoms with Gasteiger partial charge in [0.1, 0.15) is 5.75 Å². The van der Waals surface area contributed by atoms with Gasteiger partial charge in [0.15, 0.2) is 0 Å². The molecule has 1 aromatic carbocycles. The van der Waals surface area contributed by atoms with Crippen LogP contribution in [0.1, 0.15) is 37.2 Å². The van der Waals surface area contributed by atoms with Crippen LogP contribution in [-0.4, -0.2) is 19.8 Å². The van der Waals surface area contributed by atoms with Gasteiger partial charge in [-0.15, -0.1) is 6.58 Å². The number of benzene rings is 1. The van der Waals surface area contributed by atoms with E-state index in [4.69, 9.17) is 9.47 Å². The van der Waals surface area contributed by atoms with Gasteiger partial charge in [0.05, 0.1) is 19.8 Å². The summed E-state index contributed by atoms with van der Waals surface area (Å²) in [5.41, 5.74) is 1.37. The van der Waals surface area contributed by atoms with E-state index in [1.54, 1.807) is 7.11 Å². The maximum absolute atomic E-state index is 5.91. The van der Waals surface area contributed by atoms with Crippen molar-refractivity contribution in [2.75, 3.05) is 13.7 Å². The van der Waals surface area contributed by atoms with E-state index >= 15 is 0 Å². The average molecular weight is 246 g/mol. The second-order valence-electron chi connectivity index (χ2n) is 4.82. The van der Waals surface area contributed by atoms with Crippen LogP contribution in [0, 0.1) is 0 Å².